The number of carbonyl (C=O) groups is 1. The van der Waals surface area contributed by atoms with Gasteiger partial charge in [0.25, 0.3) is 5.91 Å². The zero-order valence-electron chi connectivity index (χ0n) is 13.5. The Bertz CT molecular complexity index is 708. The molecule has 0 spiro atoms. The van der Waals surface area contributed by atoms with Gasteiger partial charge in [-0.25, -0.2) is 0 Å². The van der Waals surface area contributed by atoms with E-state index in [0.29, 0.717) is 24.0 Å². The van der Waals surface area contributed by atoms with Gasteiger partial charge in [-0.3, -0.25) is 4.79 Å². The SMILES string of the molecule is COc1cccc(Cc2ccccc2C(=O)NC2CC2)c1OC. The van der Waals surface area contributed by atoms with Gasteiger partial charge in [-0.05, 0) is 30.5 Å². The van der Waals surface area contributed by atoms with Crippen molar-refractivity contribution in [1.29, 1.82) is 0 Å². The van der Waals surface area contributed by atoms with Crippen molar-refractivity contribution in [3.05, 3.63) is 59.2 Å². The van der Waals surface area contributed by atoms with Crippen LogP contribution in [-0.4, -0.2) is 26.2 Å². The van der Waals surface area contributed by atoms with Crippen LogP contribution < -0.4 is 14.8 Å². The van der Waals surface area contributed by atoms with Crippen LogP contribution >= 0.6 is 0 Å². The molecule has 0 aliphatic heterocycles. The van der Waals surface area contributed by atoms with Gasteiger partial charge in [0.2, 0.25) is 0 Å². The van der Waals surface area contributed by atoms with Crippen LogP contribution in [0, 0.1) is 0 Å². The minimum Gasteiger partial charge on any atom is -0.493 e. The zero-order chi connectivity index (χ0) is 16.2. The van der Waals surface area contributed by atoms with E-state index in [1.54, 1.807) is 14.2 Å². The number of nitrogens with one attached hydrogen (secondary N) is 1. The Morgan fingerprint density at radius 2 is 1.78 bits per heavy atom. The third kappa shape index (κ3) is 3.47. The van der Waals surface area contributed by atoms with E-state index < -0.39 is 0 Å². The maximum atomic E-state index is 12.4. The molecule has 0 saturated heterocycles. The summed E-state index contributed by atoms with van der Waals surface area (Å²) in [4.78, 5) is 12.4. The molecule has 0 bridgehead atoms. The second-order valence-electron chi connectivity index (χ2n) is 5.73. The molecule has 2 aromatic carbocycles. The number of rotatable bonds is 6. The normalized spacial score (nSPS) is 13.5. The van der Waals surface area contributed by atoms with E-state index in [9.17, 15) is 4.79 Å². The van der Waals surface area contributed by atoms with Crippen molar-refractivity contribution in [2.75, 3.05) is 14.2 Å². The van der Waals surface area contributed by atoms with Crippen LogP contribution in [0.4, 0.5) is 0 Å². The summed E-state index contributed by atoms with van der Waals surface area (Å²) < 4.78 is 10.8. The molecule has 2 aromatic rings. The molecule has 1 amide bonds. The predicted octanol–water partition coefficient (Wildman–Crippen LogP) is 3.19. The first-order valence-electron chi connectivity index (χ1n) is 7.81. The summed E-state index contributed by atoms with van der Waals surface area (Å²) in [6, 6.07) is 13.9. The number of ether oxygens (including phenoxy) is 2. The second-order valence-corrected chi connectivity index (χ2v) is 5.73. The number of carbonyl (C=O) groups excluding carboxylic acids is 1. The largest absolute Gasteiger partial charge is 0.493 e. The Morgan fingerprint density at radius 1 is 1.04 bits per heavy atom. The molecule has 4 nitrogen and oxygen atoms in total. The number of hydrogen-bond acceptors (Lipinski definition) is 3. The first kappa shape index (κ1) is 15.4. The second kappa shape index (κ2) is 6.73. The van der Waals surface area contributed by atoms with Gasteiger partial charge >= 0.3 is 0 Å². The Balaban J connectivity index is 1.90. The monoisotopic (exact) mass is 311 g/mol. The number of methoxy groups -OCH3 is 2. The van der Waals surface area contributed by atoms with Crippen LogP contribution in [0.1, 0.15) is 34.3 Å². The molecule has 3 rings (SSSR count). The van der Waals surface area contributed by atoms with E-state index in [0.717, 1.165) is 29.5 Å². The molecule has 1 saturated carbocycles. The van der Waals surface area contributed by atoms with Crippen molar-refractivity contribution in [3.8, 4) is 11.5 Å². The quantitative estimate of drug-likeness (QED) is 0.891. The predicted molar refractivity (Wildman–Crippen MR) is 89.3 cm³/mol. The molecule has 0 aromatic heterocycles. The molecule has 0 unspecified atom stereocenters. The molecule has 0 radical (unpaired) electrons. The number of amides is 1. The van der Waals surface area contributed by atoms with E-state index in [4.69, 9.17) is 9.47 Å². The molecule has 23 heavy (non-hydrogen) atoms. The maximum absolute atomic E-state index is 12.4. The third-order valence-corrected chi connectivity index (χ3v) is 4.04. The Kier molecular flexibility index (Phi) is 4.51. The van der Waals surface area contributed by atoms with Gasteiger partial charge in [0, 0.05) is 23.6 Å². The molecule has 0 atom stereocenters. The minimum atomic E-state index is 0.00460. The fourth-order valence-electron chi connectivity index (χ4n) is 2.68. The molecule has 1 fully saturated rings. The van der Waals surface area contributed by atoms with Gasteiger partial charge in [-0.1, -0.05) is 30.3 Å². The molecule has 1 aliphatic rings. The zero-order valence-corrected chi connectivity index (χ0v) is 13.5. The molecule has 1 N–H and O–H groups in total. The van der Waals surface area contributed by atoms with Gasteiger partial charge < -0.3 is 14.8 Å². The van der Waals surface area contributed by atoms with Gasteiger partial charge in [-0.15, -0.1) is 0 Å². The Hall–Kier alpha value is -2.49. The highest BCUT2D eigenvalue weighted by atomic mass is 16.5. The highest BCUT2D eigenvalue weighted by Gasteiger charge is 2.24. The van der Waals surface area contributed by atoms with Crippen molar-refractivity contribution >= 4 is 5.91 Å². The van der Waals surface area contributed by atoms with Crippen LogP contribution in [-0.2, 0) is 6.42 Å². The fourth-order valence-corrected chi connectivity index (χ4v) is 2.68. The molecular weight excluding hydrogens is 290 g/mol. The molecule has 0 heterocycles. The Morgan fingerprint density at radius 3 is 2.48 bits per heavy atom. The number of benzene rings is 2. The summed E-state index contributed by atoms with van der Waals surface area (Å²) in [5.41, 5.74) is 2.71. The standard InChI is InChI=1S/C19H21NO3/c1-22-17-9-5-7-14(18(17)23-2)12-13-6-3-4-8-16(13)19(21)20-15-10-11-15/h3-9,15H,10-12H2,1-2H3,(H,20,21). The minimum absolute atomic E-state index is 0.00460. The van der Waals surface area contributed by atoms with Crippen molar-refractivity contribution < 1.29 is 14.3 Å². The lowest BCUT2D eigenvalue weighted by Gasteiger charge is -2.14. The third-order valence-electron chi connectivity index (χ3n) is 4.04. The van der Waals surface area contributed by atoms with Crippen LogP contribution in [0.5, 0.6) is 11.5 Å². The first-order valence-corrected chi connectivity index (χ1v) is 7.81. The van der Waals surface area contributed by atoms with Crippen molar-refractivity contribution in [2.45, 2.75) is 25.3 Å². The average molecular weight is 311 g/mol. The summed E-state index contributed by atoms with van der Waals surface area (Å²) >= 11 is 0. The van der Waals surface area contributed by atoms with Crippen molar-refractivity contribution in [2.24, 2.45) is 0 Å². The number of para-hydroxylation sites is 1. The van der Waals surface area contributed by atoms with E-state index in [1.165, 1.54) is 0 Å². The fraction of sp³-hybridized carbons (Fsp3) is 0.316. The number of hydrogen-bond donors (Lipinski definition) is 1. The van der Waals surface area contributed by atoms with E-state index >= 15 is 0 Å². The summed E-state index contributed by atoms with van der Waals surface area (Å²) in [6.07, 6.45) is 2.78. The summed E-state index contributed by atoms with van der Waals surface area (Å²) in [6.45, 7) is 0. The lowest BCUT2D eigenvalue weighted by molar-refractivity contribution is 0.0950. The van der Waals surface area contributed by atoms with E-state index in [-0.39, 0.29) is 5.91 Å². The van der Waals surface area contributed by atoms with Crippen molar-refractivity contribution in [1.82, 2.24) is 5.32 Å². The van der Waals surface area contributed by atoms with Crippen LogP contribution in [0.2, 0.25) is 0 Å². The van der Waals surface area contributed by atoms with Crippen LogP contribution in [0.15, 0.2) is 42.5 Å². The smallest absolute Gasteiger partial charge is 0.251 e. The maximum Gasteiger partial charge on any atom is 0.251 e. The molecule has 4 heteroatoms. The summed E-state index contributed by atoms with van der Waals surface area (Å²) in [5.74, 6) is 1.42. The van der Waals surface area contributed by atoms with E-state index in [2.05, 4.69) is 5.32 Å². The van der Waals surface area contributed by atoms with Gasteiger partial charge in [-0.2, -0.15) is 0 Å². The van der Waals surface area contributed by atoms with Crippen molar-refractivity contribution in [3.63, 3.8) is 0 Å². The van der Waals surface area contributed by atoms with Crippen LogP contribution in [0.25, 0.3) is 0 Å². The summed E-state index contributed by atoms with van der Waals surface area (Å²) in [5, 5.41) is 3.05. The van der Waals surface area contributed by atoms with Crippen LogP contribution in [0.3, 0.4) is 0 Å². The highest BCUT2D eigenvalue weighted by Crippen LogP contribution is 2.32. The summed E-state index contributed by atoms with van der Waals surface area (Å²) in [7, 11) is 3.26. The Labute approximate surface area is 136 Å². The molecule has 120 valence electrons. The first-order chi connectivity index (χ1) is 11.2. The lowest BCUT2D eigenvalue weighted by atomic mass is 9.98. The van der Waals surface area contributed by atoms with Gasteiger partial charge in [0.15, 0.2) is 11.5 Å². The van der Waals surface area contributed by atoms with Gasteiger partial charge in [0.05, 0.1) is 14.2 Å². The highest BCUT2D eigenvalue weighted by molar-refractivity contribution is 5.96. The topological polar surface area (TPSA) is 47.6 Å². The average Bonchev–Trinajstić information content (AvgIpc) is 3.39. The molecular formula is C19H21NO3. The molecule has 1 aliphatic carbocycles. The lowest BCUT2D eigenvalue weighted by Crippen LogP contribution is -2.26. The van der Waals surface area contributed by atoms with Gasteiger partial charge in [0.1, 0.15) is 0 Å². The van der Waals surface area contributed by atoms with E-state index in [1.807, 2.05) is 42.5 Å².